The van der Waals surface area contributed by atoms with E-state index < -0.39 is 6.61 Å². The number of alkyl halides is 2. The molecule has 0 atom stereocenters. The Bertz CT molecular complexity index is 1130. The van der Waals surface area contributed by atoms with Gasteiger partial charge in [-0.25, -0.2) is 4.98 Å². The van der Waals surface area contributed by atoms with Gasteiger partial charge in [0.05, 0.1) is 11.1 Å². The van der Waals surface area contributed by atoms with Crippen LogP contribution in [0.25, 0.3) is 33.9 Å². The quantitative estimate of drug-likeness (QED) is 0.419. The van der Waals surface area contributed by atoms with Crippen molar-refractivity contribution in [2.24, 2.45) is 0 Å². The Labute approximate surface area is 161 Å². The highest BCUT2D eigenvalue weighted by atomic mass is 79.9. The summed E-state index contributed by atoms with van der Waals surface area (Å²) in [6, 6.07) is 14.2. The van der Waals surface area contributed by atoms with Gasteiger partial charge in [0.25, 0.3) is 11.8 Å². The number of pyridine rings is 1. The Morgan fingerprint density at radius 1 is 1.00 bits per heavy atom. The first kappa shape index (κ1) is 17.5. The average Bonchev–Trinajstić information content (AvgIpc) is 3.12. The van der Waals surface area contributed by atoms with E-state index in [2.05, 4.69) is 35.8 Å². The van der Waals surface area contributed by atoms with E-state index in [1.807, 2.05) is 31.2 Å². The molecule has 27 heavy (non-hydrogen) atoms. The molecule has 2 aromatic heterocycles. The van der Waals surface area contributed by atoms with Crippen molar-refractivity contribution in [3.8, 4) is 28.8 Å². The Morgan fingerprint density at radius 2 is 1.81 bits per heavy atom. The van der Waals surface area contributed by atoms with Gasteiger partial charge >= 0.3 is 6.61 Å². The number of hydrogen-bond acceptors (Lipinski definition) is 5. The highest BCUT2D eigenvalue weighted by molar-refractivity contribution is 9.10. The molecule has 0 amide bonds. The van der Waals surface area contributed by atoms with Gasteiger partial charge in [0, 0.05) is 9.86 Å². The summed E-state index contributed by atoms with van der Waals surface area (Å²) in [5.74, 6) is 0.202. The standard InChI is InChI=1S/C19H12BrF2N3O2/c1-10-2-5-14-11(8-10)3-6-15(23-14)18-25-24-17(27-18)13-9-12(20)4-7-16(13)26-19(21)22/h2-9,19H,1H3. The lowest BCUT2D eigenvalue weighted by molar-refractivity contribution is -0.0495. The molecule has 4 rings (SSSR count). The molecule has 0 fully saturated rings. The Hall–Kier alpha value is -2.87. The van der Waals surface area contributed by atoms with Gasteiger partial charge in [-0.05, 0) is 43.3 Å². The average molecular weight is 432 g/mol. The van der Waals surface area contributed by atoms with Crippen molar-refractivity contribution in [1.29, 1.82) is 0 Å². The van der Waals surface area contributed by atoms with Gasteiger partial charge in [-0.2, -0.15) is 8.78 Å². The second-order valence-electron chi connectivity index (χ2n) is 5.82. The van der Waals surface area contributed by atoms with E-state index in [9.17, 15) is 8.78 Å². The molecule has 0 radical (unpaired) electrons. The van der Waals surface area contributed by atoms with Crippen LogP contribution in [-0.4, -0.2) is 21.8 Å². The van der Waals surface area contributed by atoms with E-state index in [0.29, 0.717) is 10.2 Å². The fourth-order valence-electron chi connectivity index (χ4n) is 2.67. The molecule has 0 aliphatic heterocycles. The lowest BCUT2D eigenvalue weighted by Gasteiger charge is -2.08. The highest BCUT2D eigenvalue weighted by Gasteiger charge is 2.18. The third-order valence-electron chi connectivity index (χ3n) is 3.88. The van der Waals surface area contributed by atoms with Crippen molar-refractivity contribution in [2.75, 3.05) is 0 Å². The molecule has 2 aromatic carbocycles. The van der Waals surface area contributed by atoms with Crippen molar-refractivity contribution in [3.63, 3.8) is 0 Å². The minimum absolute atomic E-state index is 0.0506. The van der Waals surface area contributed by atoms with Gasteiger partial charge in [-0.1, -0.05) is 33.6 Å². The maximum atomic E-state index is 12.7. The Kier molecular flexibility index (Phi) is 4.57. The van der Waals surface area contributed by atoms with Crippen LogP contribution in [0, 0.1) is 6.92 Å². The summed E-state index contributed by atoms with van der Waals surface area (Å²) in [6.07, 6.45) is 0. The van der Waals surface area contributed by atoms with Crippen molar-refractivity contribution < 1.29 is 17.9 Å². The van der Waals surface area contributed by atoms with E-state index >= 15 is 0 Å². The molecule has 0 aliphatic rings. The first-order valence-electron chi connectivity index (χ1n) is 7.95. The fraction of sp³-hybridized carbons (Fsp3) is 0.105. The van der Waals surface area contributed by atoms with E-state index in [0.717, 1.165) is 16.5 Å². The zero-order chi connectivity index (χ0) is 19.0. The molecule has 0 bridgehead atoms. The summed E-state index contributed by atoms with van der Waals surface area (Å²) >= 11 is 3.30. The Balaban J connectivity index is 1.74. The molecule has 0 N–H and O–H groups in total. The molecular formula is C19H12BrF2N3O2. The number of aryl methyl sites for hydroxylation is 1. The van der Waals surface area contributed by atoms with Crippen LogP contribution in [0.5, 0.6) is 5.75 Å². The molecule has 0 unspecified atom stereocenters. The molecule has 0 saturated heterocycles. The lowest BCUT2D eigenvalue weighted by atomic mass is 10.1. The zero-order valence-electron chi connectivity index (χ0n) is 14.0. The van der Waals surface area contributed by atoms with Crippen LogP contribution in [-0.2, 0) is 0 Å². The van der Waals surface area contributed by atoms with Crippen LogP contribution in [0.2, 0.25) is 0 Å². The molecular weight excluding hydrogens is 420 g/mol. The van der Waals surface area contributed by atoms with Crippen LogP contribution in [0.3, 0.4) is 0 Å². The van der Waals surface area contributed by atoms with Gasteiger partial charge in [0.1, 0.15) is 11.4 Å². The van der Waals surface area contributed by atoms with Gasteiger partial charge in [-0.3, -0.25) is 0 Å². The summed E-state index contributed by atoms with van der Waals surface area (Å²) < 4.78 is 36.2. The van der Waals surface area contributed by atoms with E-state index in [4.69, 9.17) is 4.42 Å². The number of fused-ring (bicyclic) bond motifs is 1. The van der Waals surface area contributed by atoms with Crippen molar-refractivity contribution >= 4 is 26.8 Å². The SMILES string of the molecule is Cc1ccc2nc(-c3nnc(-c4cc(Br)ccc4OC(F)F)o3)ccc2c1. The van der Waals surface area contributed by atoms with Crippen molar-refractivity contribution in [2.45, 2.75) is 13.5 Å². The summed E-state index contributed by atoms with van der Waals surface area (Å²) in [4.78, 5) is 4.53. The number of hydrogen-bond donors (Lipinski definition) is 0. The van der Waals surface area contributed by atoms with Gasteiger partial charge in [-0.15, -0.1) is 10.2 Å². The van der Waals surface area contributed by atoms with Crippen LogP contribution in [0.15, 0.2) is 57.4 Å². The van der Waals surface area contributed by atoms with Crippen LogP contribution >= 0.6 is 15.9 Å². The molecule has 0 aliphatic carbocycles. The maximum absolute atomic E-state index is 12.7. The normalized spacial score (nSPS) is 11.3. The van der Waals surface area contributed by atoms with Crippen molar-refractivity contribution in [3.05, 3.63) is 58.6 Å². The summed E-state index contributed by atoms with van der Waals surface area (Å²) in [6.45, 7) is -0.952. The second-order valence-corrected chi connectivity index (χ2v) is 6.74. The number of ether oxygens (including phenoxy) is 1. The summed E-state index contributed by atoms with van der Waals surface area (Å²) in [5, 5.41) is 8.96. The highest BCUT2D eigenvalue weighted by Crippen LogP contribution is 2.34. The molecule has 4 aromatic rings. The second kappa shape index (κ2) is 7.03. The van der Waals surface area contributed by atoms with E-state index in [1.165, 1.54) is 6.07 Å². The van der Waals surface area contributed by atoms with Gasteiger partial charge in [0.15, 0.2) is 0 Å². The molecule has 136 valence electrons. The van der Waals surface area contributed by atoms with E-state index in [1.54, 1.807) is 18.2 Å². The molecule has 5 nitrogen and oxygen atoms in total. The molecule has 8 heteroatoms. The van der Waals surface area contributed by atoms with Gasteiger partial charge in [0.2, 0.25) is 0 Å². The number of halogens is 3. The third-order valence-corrected chi connectivity index (χ3v) is 4.37. The predicted octanol–water partition coefficient (Wildman–Crippen LogP) is 5.62. The van der Waals surface area contributed by atoms with Crippen LogP contribution < -0.4 is 4.74 Å². The molecule has 0 saturated carbocycles. The minimum Gasteiger partial charge on any atom is -0.434 e. The summed E-state index contributed by atoms with van der Waals surface area (Å²) in [5.41, 5.74) is 2.69. The minimum atomic E-state index is -2.96. The largest absolute Gasteiger partial charge is 0.434 e. The maximum Gasteiger partial charge on any atom is 0.387 e. The number of benzene rings is 2. The monoisotopic (exact) mass is 431 g/mol. The molecule has 0 spiro atoms. The first-order chi connectivity index (χ1) is 13.0. The number of nitrogens with zero attached hydrogens (tertiary/aromatic N) is 3. The topological polar surface area (TPSA) is 61.0 Å². The van der Waals surface area contributed by atoms with Crippen molar-refractivity contribution in [1.82, 2.24) is 15.2 Å². The molecule has 2 heterocycles. The number of aromatic nitrogens is 3. The zero-order valence-corrected chi connectivity index (χ0v) is 15.6. The smallest absolute Gasteiger partial charge is 0.387 e. The van der Waals surface area contributed by atoms with Crippen LogP contribution in [0.1, 0.15) is 5.56 Å². The predicted molar refractivity (Wildman–Crippen MR) is 99.5 cm³/mol. The summed E-state index contributed by atoms with van der Waals surface area (Å²) in [7, 11) is 0. The third kappa shape index (κ3) is 3.66. The lowest BCUT2D eigenvalue weighted by Crippen LogP contribution is -2.03. The Morgan fingerprint density at radius 3 is 2.63 bits per heavy atom. The van der Waals surface area contributed by atoms with Crippen LogP contribution in [0.4, 0.5) is 8.78 Å². The fourth-order valence-corrected chi connectivity index (χ4v) is 3.03. The number of rotatable bonds is 4. The first-order valence-corrected chi connectivity index (χ1v) is 8.75. The van der Waals surface area contributed by atoms with Gasteiger partial charge < -0.3 is 9.15 Å². The van der Waals surface area contributed by atoms with E-state index in [-0.39, 0.29) is 23.1 Å².